The number of carbonyl (C=O) groups is 1. The number of carbonyl (C=O) groups excluding carboxylic acids is 1. The molecule has 2 heterocycles. The molecular formula is C24H28N8O2. The third kappa shape index (κ3) is 5.17. The molecule has 1 aliphatic rings. The van der Waals surface area contributed by atoms with Gasteiger partial charge in [0.15, 0.2) is 5.82 Å². The first-order valence-corrected chi connectivity index (χ1v) is 11.1. The summed E-state index contributed by atoms with van der Waals surface area (Å²) in [5.74, 6) is 1.91. The number of nitrogens with zero attached hydrogens (tertiary/aromatic N) is 4. The van der Waals surface area contributed by atoms with E-state index in [2.05, 4.69) is 37.5 Å². The van der Waals surface area contributed by atoms with Crippen LogP contribution in [0.2, 0.25) is 0 Å². The zero-order valence-electron chi connectivity index (χ0n) is 19.2. The Morgan fingerprint density at radius 2 is 2.15 bits per heavy atom. The Bertz CT molecular complexity index is 1180. The second kappa shape index (κ2) is 10.8. The lowest BCUT2D eigenvalue weighted by atomic mass is 10.1. The molecule has 0 aliphatic carbocycles. The van der Waals surface area contributed by atoms with Crippen LogP contribution in [0.3, 0.4) is 0 Å². The Kier molecular flexibility index (Phi) is 7.37. The summed E-state index contributed by atoms with van der Waals surface area (Å²) >= 11 is 0. The summed E-state index contributed by atoms with van der Waals surface area (Å²) < 4.78 is 7.32. The lowest BCUT2D eigenvalue weighted by molar-refractivity contribution is 0.0945. The minimum absolute atomic E-state index is 0.177. The lowest BCUT2D eigenvalue weighted by Crippen LogP contribution is -2.40. The van der Waals surface area contributed by atoms with Crippen LogP contribution in [0.15, 0.2) is 48.5 Å². The molecule has 2 aromatic carbocycles. The quantitative estimate of drug-likeness (QED) is 0.402. The maximum absolute atomic E-state index is 12.9. The molecule has 0 spiro atoms. The number of hydrogen-bond donors (Lipinski definition) is 4. The van der Waals surface area contributed by atoms with Crippen LogP contribution in [0.5, 0.6) is 5.75 Å². The molecule has 4 N–H and O–H groups in total. The highest BCUT2D eigenvalue weighted by molar-refractivity contribution is 5.95. The topological polar surface area (TPSA) is 129 Å². The van der Waals surface area contributed by atoms with E-state index < -0.39 is 6.04 Å². The smallest absolute Gasteiger partial charge is 0.252 e. The Morgan fingerprint density at radius 1 is 1.29 bits per heavy atom. The van der Waals surface area contributed by atoms with Gasteiger partial charge in [-0.25, -0.2) is 0 Å². The maximum Gasteiger partial charge on any atom is 0.252 e. The van der Waals surface area contributed by atoms with Crippen LogP contribution in [0.1, 0.15) is 46.1 Å². The van der Waals surface area contributed by atoms with E-state index >= 15 is 0 Å². The van der Waals surface area contributed by atoms with Crippen molar-refractivity contribution in [3.05, 3.63) is 71.3 Å². The van der Waals surface area contributed by atoms with Gasteiger partial charge in [0.25, 0.3) is 5.91 Å². The summed E-state index contributed by atoms with van der Waals surface area (Å²) in [6, 6.07) is 15.8. The fraction of sp³-hybridized carbons (Fsp3) is 0.333. The van der Waals surface area contributed by atoms with Crippen molar-refractivity contribution in [2.45, 2.75) is 25.0 Å². The van der Waals surface area contributed by atoms with Gasteiger partial charge in [-0.3, -0.25) is 10.1 Å². The van der Waals surface area contributed by atoms with Crippen molar-refractivity contribution in [1.82, 2.24) is 30.7 Å². The van der Waals surface area contributed by atoms with Gasteiger partial charge in [-0.1, -0.05) is 24.3 Å². The molecular weight excluding hydrogens is 432 g/mol. The van der Waals surface area contributed by atoms with E-state index in [1.54, 1.807) is 36.4 Å². The predicted octanol–water partition coefficient (Wildman–Crippen LogP) is 2.01. The Labute approximate surface area is 198 Å². The molecule has 4 rings (SSSR count). The number of benzene rings is 2. The molecule has 2 atom stereocenters. The van der Waals surface area contributed by atoms with Gasteiger partial charge in [-0.05, 0) is 37.2 Å². The summed E-state index contributed by atoms with van der Waals surface area (Å²) in [4.78, 5) is 12.9. The summed E-state index contributed by atoms with van der Waals surface area (Å²) in [5.41, 5.74) is 1.82. The van der Waals surface area contributed by atoms with Gasteiger partial charge in [0, 0.05) is 30.5 Å². The van der Waals surface area contributed by atoms with Crippen LogP contribution in [0.4, 0.5) is 5.69 Å². The molecule has 34 heavy (non-hydrogen) atoms. The largest absolute Gasteiger partial charge is 0.496 e. The molecule has 3 aromatic rings. The minimum Gasteiger partial charge on any atom is -0.496 e. The number of amides is 1. The molecule has 0 radical (unpaired) electrons. The van der Waals surface area contributed by atoms with E-state index in [1.165, 1.54) is 7.11 Å². The first kappa shape index (κ1) is 23.2. The van der Waals surface area contributed by atoms with Crippen molar-refractivity contribution in [3.63, 3.8) is 0 Å². The van der Waals surface area contributed by atoms with E-state index in [0.717, 1.165) is 37.0 Å². The van der Waals surface area contributed by atoms with Crippen molar-refractivity contribution in [3.8, 4) is 11.8 Å². The highest BCUT2D eigenvalue weighted by Crippen LogP contribution is 2.25. The average molecular weight is 461 g/mol. The number of ether oxygens (including phenoxy) is 1. The number of hydrogen-bond acceptors (Lipinski definition) is 8. The SMILES string of the molecule is COc1ccccc1[C@H](C#N)NC(=O)c1cccc(NCc2nnc(C3CCNCN3)n2C)c1. The number of nitriles is 1. The molecule has 1 aliphatic heterocycles. The predicted molar refractivity (Wildman–Crippen MR) is 127 cm³/mol. The van der Waals surface area contributed by atoms with Crippen molar-refractivity contribution in [2.24, 2.45) is 7.05 Å². The number of aromatic nitrogens is 3. The Balaban J connectivity index is 1.41. The first-order chi connectivity index (χ1) is 16.6. The number of nitrogens with one attached hydrogen (secondary N) is 4. The highest BCUT2D eigenvalue weighted by atomic mass is 16.5. The van der Waals surface area contributed by atoms with Crippen LogP contribution in [-0.2, 0) is 13.6 Å². The van der Waals surface area contributed by atoms with E-state index in [0.29, 0.717) is 23.4 Å². The van der Waals surface area contributed by atoms with Gasteiger partial charge in [0.1, 0.15) is 17.6 Å². The van der Waals surface area contributed by atoms with Crippen LogP contribution in [-0.4, -0.2) is 41.0 Å². The van der Waals surface area contributed by atoms with Gasteiger partial charge in [0.2, 0.25) is 0 Å². The van der Waals surface area contributed by atoms with Gasteiger partial charge in [0.05, 0.1) is 25.8 Å². The molecule has 1 saturated heterocycles. The van der Waals surface area contributed by atoms with Gasteiger partial charge in [-0.2, -0.15) is 5.26 Å². The molecule has 1 amide bonds. The normalized spacial score (nSPS) is 16.3. The van der Waals surface area contributed by atoms with Crippen molar-refractivity contribution in [1.29, 1.82) is 5.26 Å². The maximum atomic E-state index is 12.9. The van der Waals surface area contributed by atoms with Crippen LogP contribution in [0, 0.1) is 11.3 Å². The van der Waals surface area contributed by atoms with Crippen molar-refractivity contribution >= 4 is 11.6 Å². The third-order valence-corrected chi connectivity index (χ3v) is 5.82. The van der Waals surface area contributed by atoms with Crippen molar-refractivity contribution in [2.75, 3.05) is 25.6 Å². The molecule has 10 nitrogen and oxygen atoms in total. The van der Waals surface area contributed by atoms with E-state index in [1.807, 2.05) is 23.7 Å². The van der Waals surface area contributed by atoms with Crippen LogP contribution in [0.25, 0.3) is 0 Å². The number of methoxy groups -OCH3 is 1. The minimum atomic E-state index is -0.832. The van der Waals surface area contributed by atoms with E-state index in [4.69, 9.17) is 4.74 Å². The van der Waals surface area contributed by atoms with Crippen LogP contribution >= 0.6 is 0 Å². The third-order valence-electron chi connectivity index (χ3n) is 5.82. The van der Waals surface area contributed by atoms with E-state index in [9.17, 15) is 10.1 Å². The second-order valence-corrected chi connectivity index (χ2v) is 7.97. The Morgan fingerprint density at radius 3 is 2.91 bits per heavy atom. The zero-order valence-corrected chi connectivity index (χ0v) is 19.2. The summed E-state index contributed by atoms with van der Waals surface area (Å²) in [6.45, 7) is 2.15. The monoisotopic (exact) mass is 460 g/mol. The first-order valence-electron chi connectivity index (χ1n) is 11.1. The Hall–Kier alpha value is -3.94. The molecule has 1 aromatic heterocycles. The zero-order chi connectivity index (χ0) is 23.9. The number of rotatable bonds is 8. The molecule has 10 heteroatoms. The van der Waals surface area contributed by atoms with Crippen LogP contribution < -0.4 is 26.0 Å². The second-order valence-electron chi connectivity index (χ2n) is 7.97. The highest BCUT2D eigenvalue weighted by Gasteiger charge is 2.21. The molecule has 1 fully saturated rings. The fourth-order valence-electron chi connectivity index (χ4n) is 3.94. The van der Waals surface area contributed by atoms with Gasteiger partial charge in [-0.15, -0.1) is 10.2 Å². The summed E-state index contributed by atoms with van der Waals surface area (Å²) in [5, 5.41) is 31.1. The molecule has 0 saturated carbocycles. The standard InChI is InChI=1S/C24H28N8O2/c1-32-22(30-31-23(32)19-10-11-26-15-28-19)14-27-17-7-5-6-16(12-17)24(33)29-20(13-25)18-8-3-4-9-21(18)34-2/h3-9,12,19-20,26-28H,10-11,14-15H2,1-2H3,(H,29,33)/t19?,20-/m0/s1. The fourth-order valence-corrected chi connectivity index (χ4v) is 3.94. The molecule has 1 unspecified atom stereocenters. The average Bonchev–Trinajstić information content (AvgIpc) is 3.26. The number of anilines is 1. The summed E-state index contributed by atoms with van der Waals surface area (Å²) in [7, 11) is 3.49. The molecule has 176 valence electrons. The lowest BCUT2D eigenvalue weighted by Gasteiger charge is -2.23. The van der Waals surface area contributed by atoms with Gasteiger partial charge >= 0.3 is 0 Å². The number of para-hydroxylation sites is 1. The van der Waals surface area contributed by atoms with E-state index in [-0.39, 0.29) is 11.9 Å². The molecule has 0 bridgehead atoms. The van der Waals surface area contributed by atoms with Crippen molar-refractivity contribution < 1.29 is 9.53 Å². The summed E-state index contributed by atoms with van der Waals surface area (Å²) in [6.07, 6.45) is 0.953. The van der Waals surface area contributed by atoms with Gasteiger partial charge < -0.3 is 25.3 Å².